The monoisotopic (exact) mass is 294 g/mol. The zero-order valence-corrected chi connectivity index (χ0v) is 9.93. The van der Waals surface area contributed by atoms with Crippen molar-refractivity contribution in [3.05, 3.63) is 16.1 Å². The third-order valence-corrected chi connectivity index (χ3v) is 3.62. The first-order chi connectivity index (χ1) is 5.84. The smallest absolute Gasteiger partial charge is 0.116 e. The molecule has 2 nitrogen and oxygen atoms in total. The van der Waals surface area contributed by atoms with E-state index in [-0.39, 0.29) is 0 Å². The molecule has 1 aromatic heterocycles. The van der Waals surface area contributed by atoms with Crippen LogP contribution in [0.5, 0.6) is 0 Å². The standard InChI is InChI=1S/C8H11IN2S/c1-2-3-4-12-8-7(9)5-10-6-11-8/h5-6H,2-4H2,1H3. The molecule has 1 aromatic rings. The minimum atomic E-state index is 1.11. The lowest BCUT2D eigenvalue weighted by molar-refractivity contribution is 0.893. The largest absolute Gasteiger partial charge is 0.244 e. The summed E-state index contributed by atoms with van der Waals surface area (Å²) in [4.78, 5) is 8.14. The molecule has 0 atom stereocenters. The molecule has 1 heterocycles. The van der Waals surface area contributed by atoms with Crippen LogP contribution in [0.4, 0.5) is 0 Å². The molecule has 0 N–H and O–H groups in total. The number of aromatic nitrogens is 2. The van der Waals surface area contributed by atoms with Crippen LogP contribution in [0.15, 0.2) is 17.6 Å². The van der Waals surface area contributed by atoms with Crippen molar-refractivity contribution >= 4 is 34.4 Å². The molecule has 0 bridgehead atoms. The van der Waals surface area contributed by atoms with Gasteiger partial charge in [-0.25, -0.2) is 9.97 Å². The lowest BCUT2D eigenvalue weighted by Gasteiger charge is -2.00. The molecule has 0 saturated carbocycles. The first kappa shape index (κ1) is 10.2. The summed E-state index contributed by atoms with van der Waals surface area (Å²) in [5, 5.41) is 1.11. The van der Waals surface area contributed by atoms with Crippen molar-refractivity contribution in [3.63, 3.8) is 0 Å². The number of thioether (sulfide) groups is 1. The predicted octanol–water partition coefficient (Wildman–Crippen LogP) is 2.97. The Labute approximate surface area is 90.7 Å². The summed E-state index contributed by atoms with van der Waals surface area (Å²) in [6.45, 7) is 2.20. The Balaban J connectivity index is 2.46. The number of hydrogen-bond donors (Lipinski definition) is 0. The Bertz CT molecular complexity index is 242. The van der Waals surface area contributed by atoms with E-state index in [1.54, 1.807) is 6.33 Å². The molecule has 0 amide bonds. The molecule has 0 aliphatic carbocycles. The van der Waals surface area contributed by atoms with Crippen molar-refractivity contribution in [1.29, 1.82) is 0 Å². The Morgan fingerprint density at radius 1 is 1.58 bits per heavy atom. The van der Waals surface area contributed by atoms with Crippen LogP contribution in [0.3, 0.4) is 0 Å². The molecule has 0 unspecified atom stereocenters. The maximum atomic E-state index is 4.19. The van der Waals surface area contributed by atoms with Crippen LogP contribution in [0.25, 0.3) is 0 Å². The lowest BCUT2D eigenvalue weighted by Crippen LogP contribution is -1.87. The van der Waals surface area contributed by atoms with E-state index in [4.69, 9.17) is 0 Å². The van der Waals surface area contributed by atoms with E-state index in [2.05, 4.69) is 39.5 Å². The summed E-state index contributed by atoms with van der Waals surface area (Å²) in [6.07, 6.45) is 5.96. The second-order valence-corrected chi connectivity index (χ2v) is 4.62. The van der Waals surface area contributed by atoms with Gasteiger partial charge in [-0.1, -0.05) is 13.3 Å². The summed E-state index contributed by atoms with van der Waals surface area (Å²) in [5.41, 5.74) is 0. The van der Waals surface area contributed by atoms with Crippen molar-refractivity contribution in [2.75, 3.05) is 5.75 Å². The molecule has 0 aromatic carbocycles. The van der Waals surface area contributed by atoms with Crippen LogP contribution in [-0.4, -0.2) is 15.7 Å². The fraction of sp³-hybridized carbons (Fsp3) is 0.500. The minimum Gasteiger partial charge on any atom is -0.244 e. The summed E-state index contributed by atoms with van der Waals surface area (Å²) in [5.74, 6) is 1.16. The first-order valence-electron chi connectivity index (χ1n) is 3.93. The molecule has 0 radical (unpaired) electrons. The zero-order chi connectivity index (χ0) is 8.81. The van der Waals surface area contributed by atoms with E-state index in [9.17, 15) is 0 Å². The van der Waals surface area contributed by atoms with Crippen molar-refractivity contribution < 1.29 is 0 Å². The average molecular weight is 294 g/mol. The van der Waals surface area contributed by atoms with Crippen molar-refractivity contribution in [1.82, 2.24) is 9.97 Å². The van der Waals surface area contributed by atoms with E-state index in [1.165, 1.54) is 12.8 Å². The predicted molar refractivity (Wildman–Crippen MR) is 60.4 cm³/mol. The summed E-state index contributed by atoms with van der Waals surface area (Å²) in [6, 6.07) is 0. The summed E-state index contributed by atoms with van der Waals surface area (Å²) in [7, 11) is 0. The van der Waals surface area contributed by atoms with E-state index >= 15 is 0 Å². The maximum Gasteiger partial charge on any atom is 0.116 e. The van der Waals surface area contributed by atoms with Crippen LogP contribution < -0.4 is 0 Å². The summed E-state index contributed by atoms with van der Waals surface area (Å²) < 4.78 is 1.15. The molecule has 0 fully saturated rings. The second kappa shape index (κ2) is 5.75. The Morgan fingerprint density at radius 2 is 2.42 bits per heavy atom. The van der Waals surface area contributed by atoms with E-state index < -0.39 is 0 Å². The van der Waals surface area contributed by atoms with Crippen LogP contribution in [0, 0.1) is 3.57 Å². The molecule has 66 valence electrons. The van der Waals surface area contributed by atoms with Crippen LogP contribution in [-0.2, 0) is 0 Å². The van der Waals surface area contributed by atoms with Gasteiger partial charge in [-0.05, 0) is 34.8 Å². The first-order valence-corrected chi connectivity index (χ1v) is 5.99. The molecular formula is C8H11IN2S. The number of hydrogen-bond acceptors (Lipinski definition) is 3. The third-order valence-electron chi connectivity index (χ3n) is 1.37. The highest BCUT2D eigenvalue weighted by atomic mass is 127. The van der Waals surface area contributed by atoms with Crippen molar-refractivity contribution in [3.8, 4) is 0 Å². The SMILES string of the molecule is CCCCSc1ncncc1I. The van der Waals surface area contributed by atoms with E-state index in [1.807, 2.05) is 18.0 Å². The molecule has 4 heteroatoms. The fourth-order valence-electron chi connectivity index (χ4n) is 0.721. The quantitative estimate of drug-likeness (QED) is 0.369. The number of rotatable bonds is 4. The van der Waals surface area contributed by atoms with Crippen LogP contribution in [0.2, 0.25) is 0 Å². The highest BCUT2D eigenvalue weighted by Crippen LogP contribution is 2.21. The fourth-order valence-corrected chi connectivity index (χ4v) is 2.43. The highest BCUT2D eigenvalue weighted by molar-refractivity contribution is 14.1. The molecule has 0 aliphatic rings. The minimum absolute atomic E-state index is 1.11. The van der Waals surface area contributed by atoms with Gasteiger partial charge in [0.05, 0.1) is 3.57 Å². The van der Waals surface area contributed by atoms with Gasteiger partial charge in [-0.3, -0.25) is 0 Å². The molecule has 1 rings (SSSR count). The molecule has 12 heavy (non-hydrogen) atoms. The van der Waals surface area contributed by atoms with Gasteiger partial charge in [0.25, 0.3) is 0 Å². The molecule has 0 spiro atoms. The molecule has 0 saturated heterocycles. The Hall–Kier alpha value is 0.160. The van der Waals surface area contributed by atoms with Crippen molar-refractivity contribution in [2.24, 2.45) is 0 Å². The number of halogens is 1. The van der Waals surface area contributed by atoms with E-state index in [0.717, 1.165) is 14.3 Å². The van der Waals surface area contributed by atoms with Gasteiger partial charge in [-0.15, -0.1) is 11.8 Å². The molecular weight excluding hydrogens is 283 g/mol. The number of unbranched alkanes of at least 4 members (excludes halogenated alkanes) is 1. The van der Waals surface area contributed by atoms with Gasteiger partial charge in [0.1, 0.15) is 11.4 Å². The normalized spacial score (nSPS) is 10.2. The summed E-state index contributed by atoms with van der Waals surface area (Å²) >= 11 is 4.08. The van der Waals surface area contributed by atoms with Gasteiger partial charge in [0, 0.05) is 6.20 Å². The average Bonchev–Trinajstić information content (AvgIpc) is 2.09. The highest BCUT2D eigenvalue weighted by Gasteiger charge is 1.99. The lowest BCUT2D eigenvalue weighted by atomic mass is 10.4. The Kier molecular flexibility index (Phi) is 4.90. The van der Waals surface area contributed by atoms with Gasteiger partial charge in [-0.2, -0.15) is 0 Å². The van der Waals surface area contributed by atoms with E-state index in [0.29, 0.717) is 0 Å². The molecule has 0 aliphatic heterocycles. The maximum absolute atomic E-state index is 4.19. The second-order valence-electron chi connectivity index (χ2n) is 2.38. The Morgan fingerprint density at radius 3 is 3.08 bits per heavy atom. The van der Waals surface area contributed by atoms with Gasteiger partial charge >= 0.3 is 0 Å². The van der Waals surface area contributed by atoms with Crippen LogP contribution >= 0.6 is 34.4 Å². The topological polar surface area (TPSA) is 25.8 Å². The van der Waals surface area contributed by atoms with Gasteiger partial charge in [0.15, 0.2) is 0 Å². The van der Waals surface area contributed by atoms with Gasteiger partial charge < -0.3 is 0 Å². The number of nitrogens with zero attached hydrogens (tertiary/aromatic N) is 2. The third kappa shape index (κ3) is 3.26. The van der Waals surface area contributed by atoms with Crippen molar-refractivity contribution in [2.45, 2.75) is 24.8 Å². The van der Waals surface area contributed by atoms with Crippen LogP contribution in [0.1, 0.15) is 19.8 Å². The zero-order valence-electron chi connectivity index (χ0n) is 6.96. The van der Waals surface area contributed by atoms with Gasteiger partial charge in [0.2, 0.25) is 0 Å².